The number of hydroxylamine groups is 2. The number of carbonyl (C=O) groups excluding carboxylic acids is 1. The van der Waals surface area contributed by atoms with E-state index in [-0.39, 0.29) is 40.0 Å². The molecule has 1 aliphatic heterocycles. The summed E-state index contributed by atoms with van der Waals surface area (Å²) in [6, 6.07) is 11.7. The molecule has 0 unspecified atom stereocenters. The molecule has 6 rings (SSSR count). The molecule has 0 aliphatic carbocycles. The average molecular weight is 579 g/mol. The number of nitrogens with one attached hydrogen (secondary N) is 3. The second kappa shape index (κ2) is 10.7. The van der Waals surface area contributed by atoms with Crippen molar-refractivity contribution in [2.45, 2.75) is 25.6 Å². The van der Waals surface area contributed by atoms with E-state index in [0.29, 0.717) is 30.4 Å². The Hall–Kier alpha value is -5.11. The molecule has 214 valence electrons. The highest BCUT2D eigenvalue weighted by Crippen LogP contribution is 2.38. The minimum Gasteiger partial charge on any atom is -0.339 e. The first kappa shape index (κ1) is 27.1. The maximum Gasteiger partial charge on any atom is 0.417 e. The van der Waals surface area contributed by atoms with Crippen molar-refractivity contribution in [2.75, 3.05) is 17.2 Å². The van der Waals surface area contributed by atoms with Gasteiger partial charge in [-0.2, -0.15) is 18.2 Å². The van der Waals surface area contributed by atoms with Crippen LogP contribution in [0.15, 0.2) is 67.4 Å². The first-order valence-electron chi connectivity index (χ1n) is 12.8. The normalized spacial score (nSPS) is 15.3. The number of pyridine rings is 1. The number of aryl methyl sites for hydroxylation is 1. The molecular formula is C28H22F4N8O2. The highest BCUT2D eigenvalue weighted by atomic mass is 19.4. The summed E-state index contributed by atoms with van der Waals surface area (Å²) in [7, 11) is 0. The number of alkyl halides is 3. The number of halogens is 4. The summed E-state index contributed by atoms with van der Waals surface area (Å²) in [5.74, 6) is -0.707. The van der Waals surface area contributed by atoms with E-state index in [2.05, 4.69) is 35.6 Å². The lowest BCUT2D eigenvalue weighted by molar-refractivity contribution is -0.137. The maximum absolute atomic E-state index is 15.0. The third-order valence-corrected chi connectivity index (χ3v) is 6.79. The van der Waals surface area contributed by atoms with Crippen LogP contribution in [0.2, 0.25) is 0 Å². The van der Waals surface area contributed by atoms with Gasteiger partial charge in [-0.05, 0) is 36.2 Å². The van der Waals surface area contributed by atoms with Crippen molar-refractivity contribution in [1.29, 1.82) is 0 Å². The van der Waals surface area contributed by atoms with Gasteiger partial charge in [-0.15, -0.1) is 0 Å². The zero-order chi connectivity index (χ0) is 29.4. The Morgan fingerprint density at radius 3 is 2.67 bits per heavy atom. The second-order valence-corrected chi connectivity index (χ2v) is 9.52. The summed E-state index contributed by atoms with van der Waals surface area (Å²) in [6.07, 6.45) is -0.876. The van der Waals surface area contributed by atoms with E-state index >= 15 is 4.39 Å². The number of benzene rings is 2. The zero-order valence-corrected chi connectivity index (χ0v) is 21.9. The monoisotopic (exact) mass is 578 g/mol. The zero-order valence-electron chi connectivity index (χ0n) is 21.9. The summed E-state index contributed by atoms with van der Waals surface area (Å²) in [6.45, 7) is 1.91. The molecule has 14 heteroatoms. The van der Waals surface area contributed by atoms with Crippen molar-refractivity contribution in [3.8, 4) is 11.3 Å². The van der Waals surface area contributed by atoms with E-state index in [1.54, 1.807) is 6.92 Å². The van der Waals surface area contributed by atoms with Gasteiger partial charge in [-0.1, -0.05) is 30.3 Å². The molecule has 2 aromatic carbocycles. The van der Waals surface area contributed by atoms with Gasteiger partial charge in [-0.3, -0.25) is 4.84 Å². The molecule has 2 amide bonds. The van der Waals surface area contributed by atoms with Crippen LogP contribution in [0.5, 0.6) is 0 Å². The van der Waals surface area contributed by atoms with Crippen molar-refractivity contribution in [2.24, 2.45) is 0 Å². The fraction of sp³-hybridized carbons (Fsp3) is 0.179. The molecular weight excluding hydrogens is 556 g/mol. The first-order valence-corrected chi connectivity index (χ1v) is 12.8. The molecule has 0 saturated carbocycles. The molecule has 1 saturated heterocycles. The molecule has 1 atom stereocenters. The Morgan fingerprint density at radius 2 is 1.88 bits per heavy atom. The van der Waals surface area contributed by atoms with E-state index in [1.807, 2.05) is 30.3 Å². The van der Waals surface area contributed by atoms with Gasteiger partial charge in [0.15, 0.2) is 5.65 Å². The summed E-state index contributed by atoms with van der Waals surface area (Å²) in [5.41, 5.74) is 1.07. The van der Waals surface area contributed by atoms with E-state index in [1.165, 1.54) is 29.9 Å². The smallest absolute Gasteiger partial charge is 0.339 e. The van der Waals surface area contributed by atoms with Gasteiger partial charge in [-0.25, -0.2) is 29.1 Å². The van der Waals surface area contributed by atoms with Crippen molar-refractivity contribution < 1.29 is 27.2 Å². The fourth-order valence-electron chi connectivity index (χ4n) is 4.71. The second-order valence-electron chi connectivity index (χ2n) is 9.52. The largest absolute Gasteiger partial charge is 0.417 e. The van der Waals surface area contributed by atoms with Crippen LogP contribution in [-0.4, -0.2) is 42.6 Å². The lowest BCUT2D eigenvalue weighted by atomic mass is 10.1. The number of amides is 2. The number of aromatic amines is 1. The average Bonchev–Trinajstić information content (AvgIpc) is 3.66. The van der Waals surface area contributed by atoms with Gasteiger partial charge in [0.05, 0.1) is 30.2 Å². The fourth-order valence-corrected chi connectivity index (χ4v) is 4.71. The number of hydrogen-bond acceptors (Lipinski definition) is 7. The molecule has 5 aromatic rings. The van der Waals surface area contributed by atoms with Gasteiger partial charge in [0.25, 0.3) is 0 Å². The summed E-state index contributed by atoms with van der Waals surface area (Å²) >= 11 is 0. The van der Waals surface area contributed by atoms with Gasteiger partial charge in [0.2, 0.25) is 0 Å². The number of imidazole rings is 1. The highest BCUT2D eigenvalue weighted by molar-refractivity contribution is 5.93. The van der Waals surface area contributed by atoms with Gasteiger partial charge >= 0.3 is 12.2 Å². The van der Waals surface area contributed by atoms with E-state index in [0.717, 1.165) is 11.6 Å². The number of urea groups is 1. The molecule has 1 aliphatic rings. The third kappa shape index (κ3) is 5.19. The van der Waals surface area contributed by atoms with Crippen molar-refractivity contribution >= 4 is 34.4 Å². The molecule has 0 radical (unpaired) electrons. The first-order chi connectivity index (χ1) is 20.2. The minimum absolute atomic E-state index is 0.00463. The molecule has 3 aromatic heterocycles. The van der Waals surface area contributed by atoms with Crippen molar-refractivity contribution in [3.63, 3.8) is 0 Å². The summed E-state index contributed by atoms with van der Waals surface area (Å²) < 4.78 is 55.9. The highest BCUT2D eigenvalue weighted by Gasteiger charge is 2.34. The number of hydrogen-bond donors (Lipinski definition) is 3. The minimum atomic E-state index is -4.67. The maximum atomic E-state index is 15.0. The van der Waals surface area contributed by atoms with Gasteiger partial charge < -0.3 is 15.6 Å². The number of anilines is 3. The molecule has 0 bridgehead atoms. The Morgan fingerprint density at radius 1 is 1.07 bits per heavy atom. The number of nitrogens with zero attached hydrogens (tertiary/aromatic N) is 5. The standard InChI is InChI=1S/C28H22F4N8O2/c1-15-9-19(29)21(39-27(41)40-22(7-8-42-40)16-5-3-2-4-6-16)11-20(15)38-25-18(10-17(12-33-25)28(30,31)32)23-24-26(36-13-34-23)37-14-35-24/h2-6,9-14,22H,7-8H2,1H3,(H,33,38)(H,39,41)(H,34,35,36,37)/t22-/m1/s1. The Labute approximate surface area is 235 Å². The molecule has 0 spiro atoms. The Bertz CT molecular complexity index is 1780. The van der Waals surface area contributed by atoms with Crippen LogP contribution < -0.4 is 10.6 Å². The lowest BCUT2D eigenvalue weighted by Crippen LogP contribution is -2.33. The van der Waals surface area contributed by atoms with E-state index in [4.69, 9.17) is 4.84 Å². The predicted molar refractivity (Wildman–Crippen MR) is 145 cm³/mol. The molecule has 10 nitrogen and oxygen atoms in total. The topological polar surface area (TPSA) is 121 Å². The van der Waals surface area contributed by atoms with Crippen LogP contribution in [0.4, 0.5) is 39.5 Å². The van der Waals surface area contributed by atoms with E-state index < -0.39 is 23.6 Å². The summed E-state index contributed by atoms with van der Waals surface area (Å²) in [4.78, 5) is 37.9. The Kier molecular flexibility index (Phi) is 6.90. The number of rotatable bonds is 5. The molecule has 1 fully saturated rings. The van der Waals surface area contributed by atoms with E-state index in [9.17, 15) is 18.0 Å². The molecule has 3 N–H and O–H groups in total. The SMILES string of the molecule is Cc1cc(F)c(NC(=O)N2OCC[C@@H]2c2ccccc2)cc1Nc1ncc(C(F)(F)F)cc1-c1ncnc2[nH]cnc12. The van der Waals surface area contributed by atoms with Crippen LogP contribution in [-0.2, 0) is 11.0 Å². The number of carbonyl (C=O) groups is 1. The van der Waals surface area contributed by atoms with Crippen LogP contribution >= 0.6 is 0 Å². The lowest BCUT2D eigenvalue weighted by Gasteiger charge is -2.23. The van der Waals surface area contributed by atoms with Crippen LogP contribution in [0.3, 0.4) is 0 Å². The number of fused-ring (bicyclic) bond motifs is 1. The van der Waals surface area contributed by atoms with Crippen LogP contribution in [0.1, 0.15) is 29.2 Å². The summed E-state index contributed by atoms with van der Waals surface area (Å²) in [5, 5.41) is 6.69. The van der Waals surface area contributed by atoms with Crippen molar-refractivity contribution in [1.82, 2.24) is 30.0 Å². The van der Waals surface area contributed by atoms with Gasteiger partial charge in [0.1, 0.15) is 29.2 Å². The van der Waals surface area contributed by atoms with Crippen LogP contribution in [0, 0.1) is 12.7 Å². The van der Waals surface area contributed by atoms with Crippen molar-refractivity contribution in [3.05, 3.63) is 89.9 Å². The predicted octanol–water partition coefficient (Wildman–Crippen LogP) is 6.54. The quantitative estimate of drug-likeness (QED) is 0.203. The number of H-pyrrole nitrogens is 1. The molecule has 42 heavy (non-hydrogen) atoms. The third-order valence-electron chi connectivity index (χ3n) is 6.79. The van der Waals surface area contributed by atoms with Crippen LogP contribution in [0.25, 0.3) is 22.4 Å². The molecule has 4 heterocycles. The Balaban J connectivity index is 1.33. The number of aromatic nitrogens is 5. The van der Waals surface area contributed by atoms with Gasteiger partial charge in [0, 0.05) is 23.9 Å².